The fraction of sp³-hybridized carbons (Fsp3) is 0.348. The summed E-state index contributed by atoms with van der Waals surface area (Å²) in [6.07, 6.45) is 5.27. The Morgan fingerprint density at radius 1 is 1.03 bits per heavy atom. The van der Waals surface area contributed by atoms with Gasteiger partial charge < -0.3 is 27.0 Å². The van der Waals surface area contributed by atoms with Crippen molar-refractivity contribution in [2.75, 3.05) is 19.6 Å². The number of esters is 1. The summed E-state index contributed by atoms with van der Waals surface area (Å²) < 4.78 is 18.8. The minimum Gasteiger partial charge on any atom is -1.00 e. The van der Waals surface area contributed by atoms with Crippen molar-refractivity contribution in [3.05, 3.63) is 65.6 Å². The van der Waals surface area contributed by atoms with E-state index in [1.54, 1.807) is 4.90 Å². The van der Waals surface area contributed by atoms with Crippen LogP contribution in [0.1, 0.15) is 42.6 Å². The van der Waals surface area contributed by atoms with E-state index < -0.39 is 5.97 Å². The Balaban J connectivity index is 0.00000300. The highest BCUT2D eigenvalue weighted by Gasteiger charge is 2.16. The number of fused-ring (bicyclic) bond motifs is 1. The first-order valence-corrected chi connectivity index (χ1v) is 10.0. The van der Waals surface area contributed by atoms with Crippen molar-refractivity contribution in [2.45, 2.75) is 33.1 Å². The highest BCUT2D eigenvalue weighted by Crippen LogP contribution is 2.29. The molecule has 2 N–H and O–H groups in total. The van der Waals surface area contributed by atoms with E-state index in [2.05, 4.69) is 18.8 Å². The lowest BCUT2D eigenvalue weighted by Gasteiger charge is -2.18. The molecular weight excluding hydrogens is 391 g/mol. The molecule has 29 heavy (non-hydrogen) atoms. The lowest BCUT2D eigenvalue weighted by atomic mass is 10.1. The van der Waals surface area contributed by atoms with E-state index in [0.29, 0.717) is 11.3 Å². The number of H-pyrrole nitrogens is 1. The summed E-state index contributed by atoms with van der Waals surface area (Å²) in [6.45, 7) is 7.82. The van der Waals surface area contributed by atoms with Crippen LogP contribution in [0.5, 0.6) is 5.75 Å². The number of carbonyl (C=O) groups is 1. The number of ether oxygens (including phenoxy) is 1. The predicted octanol–water partition coefficient (Wildman–Crippen LogP) is 0.778. The van der Waals surface area contributed by atoms with Crippen molar-refractivity contribution < 1.29 is 31.2 Å². The van der Waals surface area contributed by atoms with Crippen LogP contribution in [0, 0.1) is 5.82 Å². The number of carbonyl (C=O) groups excluding carboxylic acids is 1. The molecule has 0 aliphatic carbocycles. The molecule has 0 unspecified atom stereocenters. The van der Waals surface area contributed by atoms with Crippen molar-refractivity contribution in [1.82, 2.24) is 4.98 Å². The van der Waals surface area contributed by atoms with Crippen LogP contribution >= 0.6 is 0 Å². The Bertz CT molecular complexity index is 918. The van der Waals surface area contributed by atoms with Gasteiger partial charge in [0.05, 0.1) is 25.2 Å². The average Bonchev–Trinajstić information content (AvgIpc) is 3.11. The molecule has 0 bridgehead atoms. The first kappa shape index (κ1) is 22.9. The van der Waals surface area contributed by atoms with Crippen molar-refractivity contribution in [3.8, 4) is 5.75 Å². The van der Waals surface area contributed by atoms with Crippen LogP contribution in [0.25, 0.3) is 10.9 Å². The second-order valence-corrected chi connectivity index (χ2v) is 7.14. The molecular formula is C23H28ClFN2O2. The largest absolute Gasteiger partial charge is 1.00 e. The summed E-state index contributed by atoms with van der Waals surface area (Å²) in [6, 6.07) is 11.1. The van der Waals surface area contributed by atoms with Crippen LogP contribution in [-0.2, 0) is 6.42 Å². The van der Waals surface area contributed by atoms with Gasteiger partial charge in [0.1, 0.15) is 11.6 Å². The van der Waals surface area contributed by atoms with Gasteiger partial charge in [0.2, 0.25) is 0 Å². The van der Waals surface area contributed by atoms with E-state index in [9.17, 15) is 9.18 Å². The number of hydrogen-bond donors (Lipinski definition) is 2. The molecule has 0 amide bonds. The van der Waals surface area contributed by atoms with Crippen LogP contribution in [0.15, 0.2) is 48.7 Å². The van der Waals surface area contributed by atoms with Crippen LogP contribution in [-0.4, -0.2) is 30.6 Å². The van der Waals surface area contributed by atoms with Gasteiger partial charge in [-0.25, -0.2) is 9.18 Å². The van der Waals surface area contributed by atoms with E-state index in [4.69, 9.17) is 4.74 Å². The molecule has 3 aromatic rings. The van der Waals surface area contributed by atoms with E-state index in [-0.39, 0.29) is 18.2 Å². The van der Waals surface area contributed by atoms with Crippen molar-refractivity contribution in [2.24, 2.45) is 0 Å². The molecule has 0 saturated carbocycles. The zero-order valence-corrected chi connectivity index (χ0v) is 17.7. The summed E-state index contributed by atoms with van der Waals surface area (Å²) in [4.78, 5) is 17.4. The summed E-state index contributed by atoms with van der Waals surface area (Å²) in [5.41, 5.74) is 2.44. The van der Waals surface area contributed by atoms with Crippen molar-refractivity contribution in [1.29, 1.82) is 0 Å². The van der Waals surface area contributed by atoms with E-state index in [1.165, 1.54) is 50.2 Å². The predicted molar refractivity (Wildman–Crippen MR) is 110 cm³/mol. The fourth-order valence-corrected chi connectivity index (χ4v) is 3.64. The van der Waals surface area contributed by atoms with Gasteiger partial charge in [-0.2, -0.15) is 0 Å². The second-order valence-electron chi connectivity index (χ2n) is 7.14. The molecule has 0 atom stereocenters. The molecule has 4 nitrogen and oxygen atoms in total. The Kier molecular flexibility index (Phi) is 8.68. The molecule has 1 heterocycles. The second kappa shape index (κ2) is 11.0. The molecule has 2 aromatic carbocycles. The fourth-order valence-electron chi connectivity index (χ4n) is 3.64. The van der Waals surface area contributed by atoms with Crippen molar-refractivity contribution >= 4 is 16.9 Å². The van der Waals surface area contributed by atoms with Gasteiger partial charge in [-0.1, -0.05) is 19.9 Å². The van der Waals surface area contributed by atoms with E-state index in [1.807, 2.05) is 24.4 Å². The zero-order valence-electron chi connectivity index (χ0n) is 16.9. The lowest BCUT2D eigenvalue weighted by molar-refractivity contribution is -0.900. The topological polar surface area (TPSA) is 46.5 Å². The van der Waals surface area contributed by atoms with Gasteiger partial charge >= 0.3 is 5.97 Å². The first-order chi connectivity index (χ1) is 13.6. The Morgan fingerprint density at radius 2 is 1.72 bits per heavy atom. The summed E-state index contributed by atoms with van der Waals surface area (Å²) >= 11 is 0. The SMILES string of the molecule is CCC[NH+](CCC)CCc1c[nH]c2cccc(OC(=O)c3ccc(F)cc3)c12.[Cl-]. The summed E-state index contributed by atoms with van der Waals surface area (Å²) in [5.74, 6) is -0.322. The number of nitrogens with one attached hydrogen (secondary N) is 2. The first-order valence-electron chi connectivity index (χ1n) is 10.0. The minimum absolute atomic E-state index is 0. The van der Waals surface area contributed by atoms with E-state index >= 15 is 0 Å². The number of quaternary nitrogens is 1. The molecule has 0 fully saturated rings. The maximum Gasteiger partial charge on any atom is 0.343 e. The third kappa shape index (κ3) is 5.81. The van der Waals surface area contributed by atoms with Crippen LogP contribution in [0.4, 0.5) is 4.39 Å². The third-order valence-electron chi connectivity index (χ3n) is 4.99. The lowest BCUT2D eigenvalue weighted by Crippen LogP contribution is -3.12. The average molecular weight is 419 g/mol. The smallest absolute Gasteiger partial charge is 0.343 e. The summed E-state index contributed by atoms with van der Waals surface area (Å²) in [7, 11) is 0. The quantitative estimate of drug-likeness (QED) is 0.398. The highest BCUT2D eigenvalue weighted by atomic mass is 35.5. The van der Waals surface area contributed by atoms with Crippen LogP contribution in [0.2, 0.25) is 0 Å². The van der Waals surface area contributed by atoms with Crippen LogP contribution in [0.3, 0.4) is 0 Å². The molecule has 0 aliphatic heterocycles. The third-order valence-corrected chi connectivity index (χ3v) is 4.99. The maximum atomic E-state index is 13.1. The summed E-state index contributed by atoms with van der Waals surface area (Å²) in [5, 5.41) is 0.949. The molecule has 0 spiro atoms. The molecule has 0 saturated heterocycles. The number of rotatable bonds is 9. The van der Waals surface area contributed by atoms with Gasteiger partial charge in [-0.05, 0) is 54.8 Å². The number of benzene rings is 2. The molecule has 1 aromatic heterocycles. The van der Waals surface area contributed by atoms with Gasteiger partial charge in [0.25, 0.3) is 0 Å². The maximum absolute atomic E-state index is 13.1. The normalized spacial score (nSPS) is 10.9. The Labute approximate surface area is 177 Å². The van der Waals surface area contributed by atoms with Gasteiger partial charge in [0, 0.05) is 23.5 Å². The molecule has 3 rings (SSSR count). The molecule has 0 aliphatic rings. The van der Waals surface area contributed by atoms with Crippen molar-refractivity contribution in [3.63, 3.8) is 0 Å². The number of halogens is 2. The molecule has 6 heteroatoms. The Morgan fingerprint density at radius 3 is 2.38 bits per heavy atom. The molecule has 0 radical (unpaired) electrons. The standard InChI is InChI=1S/C23H27FN2O2.ClH/c1-3-13-26(14-4-2)15-12-18-16-25-20-6-5-7-21(22(18)20)28-23(27)17-8-10-19(24)11-9-17;/h5-11,16,25H,3-4,12-15H2,1-2H3;1H. The minimum atomic E-state index is -0.483. The highest BCUT2D eigenvalue weighted by molar-refractivity contribution is 5.96. The van der Waals surface area contributed by atoms with E-state index in [0.717, 1.165) is 29.4 Å². The number of hydrogen-bond acceptors (Lipinski definition) is 2. The number of aromatic nitrogens is 1. The van der Waals surface area contributed by atoms with Crippen LogP contribution < -0.4 is 22.0 Å². The van der Waals surface area contributed by atoms with Gasteiger partial charge in [-0.15, -0.1) is 0 Å². The molecule has 156 valence electrons. The van der Waals surface area contributed by atoms with Gasteiger partial charge in [-0.3, -0.25) is 0 Å². The van der Waals surface area contributed by atoms with Gasteiger partial charge in [0.15, 0.2) is 0 Å². The zero-order chi connectivity index (χ0) is 19.9. The monoisotopic (exact) mass is 418 g/mol. The Hall–Kier alpha value is -2.37. The number of aromatic amines is 1.